The highest BCUT2D eigenvalue weighted by molar-refractivity contribution is 7.10. The van der Waals surface area contributed by atoms with E-state index in [0.717, 1.165) is 9.75 Å². The molecule has 0 radical (unpaired) electrons. The third-order valence-corrected chi connectivity index (χ3v) is 4.67. The molecule has 2 amide bonds. The number of carbonyl (C=O) groups is 2. The van der Waals surface area contributed by atoms with Crippen molar-refractivity contribution in [1.29, 1.82) is 0 Å². The number of esters is 1. The van der Waals surface area contributed by atoms with Crippen molar-refractivity contribution in [3.8, 4) is 0 Å². The van der Waals surface area contributed by atoms with Crippen molar-refractivity contribution < 1.29 is 14.3 Å². The van der Waals surface area contributed by atoms with Crippen molar-refractivity contribution in [1.82, 2.24) is 10.2 Å². The Kier molecular flexibility index (Phi) is 6.39. The Morgan fingerprint density at radius 2 is 1.62 bits per heavy atom. The summed E-state index contributed by atoms with van der Waals surface area (Å²) in [7, 11) is 0. The van der Waals surface area contributed by atoms with Crippen molar-refractivity contribution in [2.24, 2.45) is 0 Å². The molecule has 0 aromatic carbocycles. The van der Waals surface area contributed by atoms with Gasteiger partial charge in [-0.25, -0.2) is 4.79 Å². The number of hydrogen-bond donors (Lipinski definition) is 1. The number of ether oxygens (including phenoxy) is 1. The summed E-state index contributed by atoms with van der Waals surface area (Å²) in [5, 5.41) is 6.62. The minimum atomic E-state index is -0.560. The fourth-order valence-corrected chi connectivity index (χ4v) is 3.46. The van der Waals surface area contributed by atoms with Gasteiger partial charge in [0.05, 0.1) is 13.1 Å². The van der Waals surface area contributed by atoms with Crippen LogP contribution >= 0.6 is 22.7 Å². The average molecular weight is 367 g/mol. The summed E-state index contributed by atoms with van der Waals surface area (Å²) in [6.45, 7) is 6.28. The van der Waals surface area contributed by atoms with Crippen LogP contribution in [-0.4, -0.2) is 29.0 Å². The van der Waals surface area contributed by atoms with Gasteiger partial charge in [0, 0.05) is 9.75 Å². The molecule has 0 aliphatic heterocycles. The van der Waals surface area contributed by atoms with E-state index in [1.807, 2.05) is 35.0 Å². The smallest absolute Gasteiger partial charge is 0.325 e. The second-order valence-corrected chi connectivity index (χ2v) is 8.32. The van der Waals surface area contributed by atoms with Gasteiger partial charge < -0.3 is 15.0 Å². The second kappa shape index (κ2) is 8.30. The van der Waals surface area contributed by atoms with Gasteiger partial charge in [-0.1, -0.05) is 12.1 Å². The number of carbonyl (C=O) groups excluding carboxylic acids is 2. The van der Waals surface area contributed by atoms with Gasteiger partial charge in [-0.05, 0) is 43.7 Å². The average Bonchev–Trinajstić information content (AvgIpc) is 3.15. The molecule has 0 atom stereocenters. The molecule has 130 valence electrons. The monoisotopic (exact) mass is 366 g/mol. The molecule has 0 unspecified atom stereocenters. The molecular weight excluding hydrogens is 344 g/mol. The fourth-order valence-electron chi connectivity index (χ4n) is 2.02. The standard InChI is InChI=1S/C17H22N2O3S2/c1-17(2,3)22-15(20)10-18-16(21)19(11-13-6-4-8-23-13)12-14-7-5-9-24-14/h4-9H,10-12H2,1-3H3,(H,18,21). The molecule has 24 heavy (non-hydrogen) atoms. The van der Waals surface area contributed by atoms with E-state index in [-0.39, 0.29) is 12.6 Å². The molecule has 0 aliphatic rings. The molecule has 0 bridgehead atoms. The number of urea groups is 1. The van der Waals surface area contributed by atoms with Gasteiger partial charge in [0.25, 0.3) is 0 Å². The Morgan fingerprint density at radius 1 is 1.08 bits per heavy atom. The highest BCUT2D eigenvalue weighted by atomic mass is 32.1. The van der Waals surface area contributed by atoms with Crippen LogP contribution in [-0.2, 0) is 22.6 Å². The molecular formula is C17H22N2O3S2. The Hall–Kier alpha value is -1.86. The van der Waals surface area contributed by atoms with E-state index in [0.29, 0.717) is 13.1 Å². The third kappa shape index (κ3) is 6.33. The molecule has 2 rings (SSSR count). The zero-order valence-corrected chi connectivity index (χ0v) is 15.7. The quantitative estimate of drug-likeness (QED) is 0.790. The molecule has 0 spiro atoms. The zero-order chi connectivity index (χ0) is 17.6. The zero-order valence-electron chi connectivity index (χ0n) is 14.1. The lowest BCUT2D eigenvalue weighted by atomic mass is 10.2. The summed E-state index contributed by atoms with van der Waals surface area (Å²) >= 11 is 3.21. The summed E-state index contributed by atoms with van der Waals surface area (Å²) < 4.78 is 5.21. The van der Waals surface area contributed by atoms with Crippen LogP contribution in [0.15, 0.2) is 35.0 Å². The Morgan fingerprint density at radius 3 is 2.04 bits per heavy atom. The number of nitrogens with zero attached hydrogens (tertiary/aromatic N) is 1. The lowest BCUT2D eigenvalue weighted by molar-refractivity contribution is -0.153. The normalized spacial score (nSPS) is 11.1. The highest BCUT2D eigenvalue weighted by Crippen LogP contribution is 2.17. The van der Waals surface area contributed by atoms with Crippen molar-refractivity contribution >= 4 is 34.7 Å². The van der Waals surface area contributed by atoms with Crippen LogP contribution in [0.4, 0.5) is 4.79 Å². The summed E-state index contributed by atoms with van der Waals surface area (Å²) in [6, 6.07) is 7.63. The minimum absolute atomic E-state index is 0.137. The van der Waals surface area contributed by atoms with Gasteiger partial charge in [0.1, 0.15) is 12.1 Å². The van der Waals surface area contributed by atoms with Crippen molar-refractivity contribution in [2.45, 2.75) is 39.5 Å². The van der Waals surface area contributed by atoms with E-state index < -0.39 is 11.6 Å². The van der Waals surface area contributed by atoms with E-state index in [9.17, 15) is 9.59 Å². The van der Waals surface area contributed by atoms with Crippen molar-refractivity contribution in [3.63, 3.8) is 0 Å². The highest BCUT2D eigenvalue weighted by Gasteiger charge is 2.19. The van der Waals surface area contributed by atoms with Crippen molar-refractivity contribution in [2.75, 3.05) is 6.54 Å². The molecule has 0 saturated carbocycles. The van der Waals surface area contributed by atoms with Crippen LogP contribution in [0.2, 0.25) is 0 Å². The number of thiophene rings is 2. The summed E-state index contributed by atoms with van der Waals surface area (Å²) in [4.78, 5) is 28.1. The van der Waals surface area contributed by atoms with Gasteiger partial charge in [0.15, 0.2) is 0 Å². The molecule has 0 aliphatic carbocycles. The first-order valence-electron chi connectivity index (χ1n) is 7.63. The molecule has 2 heterocycles. The lowest BCUT2D eigenvalue weighted by Gasteiger charge is -2.23. The summed E-state index contributed by atoms with van der Waals surface area (Å²) in [6.07, 6.45) is 0. The molecule has 5 nitrogen and oxygen atoms in total. The number of nitrogens with one attached hydrogen (secondary N) is 1. The largest absolute Gasteiger partial charge is 0.459 e. The SMILES string of the molecule is CC(C)(C)OC(=O)CNC(=O)N(Cc1cccs1)Cc1cccs1. The Bertz CT molecular complexity index is 610. The predicted molar refractivity (Wildman–Crippen MR) is 97.1 cm³/mol. The van der Waals surface area contributed by atoms with Gasteiger partial charge in [-0.15, -0.1) is 22.7 Å². The first kappa shape index (κ1) is 18.5. The van der Waals surface area contributed by atoms with Gasteiger partial charge in [0.2, 0.25) is 0 Å². The molecule has 0 fully saturated rings. The van der Waals surface area contributed by atoms with E-state index in [1.165, 1.54) is 0 Å². The maximum Gasteiger partial charge on any atom is 0.325 e. The van der Waals surface area contributed by atoms with Crippen LogP contribution in [0.3, 0.4) is 0 Å². The van der Waals surface area contributed by atoms with Crippen LogP contribution in [0.5, 0.6) is 0 Å². The van der Waals surface area contributed by atoms with Gasteiger partial charge in [-0.2, -0.15) is 0 Å². The number of hydrogen-bond acceptors (Lipinski definition) is 5. The molecule has 1 N–H and O–H groups in total. The number of rotatable bonds is 6. The Balaban J connectivity index is 1.95. The lowest BCUT2D eigenvalue weighted by Crippen LogP contribution is -2.42. The summed E-state index contributed by atoms with van der Waals surface area (Å²) in [5.74, 6) is -0.442. The van der Waals surface area contributed by atoms with Gasteiger partial charge in [-0.3, -0.25) is 4.79 Å². The van der Waals surface area contributed by atoms with E-state index >= 15 is 0 Å². The van der Waals surface area contributed by atoms with Crippen LogP contribution in [0, 0.1) is 0 Å². The van der Waals surface area contributed by atoms with Crippen molar-refractivity contribution in [3.05, 3.63) is 44.8 Å². The summed E-state index contributed by atoms with van der Waals surface area (Å²) in [5.41, 5.74) is -0.560. The van der Waals surface area contributed by atoms with Crippen LogP contribution in [0.25, 0.3) is 0 Å². The van der Waals surface area contributed by atoms with Crippen LogP contribution < -0.4 is 5.32 Å². The van der Waals surface area contributed by atoms with E-state index in [1.54, 1.807) is 48.3 Å². The first-order valence-corrected chi connectivity index (χ1v) is 9.39. The topological polar surface area (TPSA) is 58.6 Å². The fraction of sp³-hybridized carbons (Fsp3) is 0.412. The van der Waals surface area contributed by atoms with Crippen LogP contribution in [0.1, 0.15) is 30.5 Å². The molecule has 7 heteroatoms. The third-order valence-electron chi connectivity index (χ3n) is 2.94. The maximum atomic E-state index is 12.5. The van der Waals surface area contributed by atoms with Gasteiger partial charge >= 0.3 is 12.0 Å². The predicted octanol–water partition coefficient (Wildman–Crippen LogP) is 3.86. The molecule has 0 saturated heterocycles. The maximum absolute atomic E-state index is 12.5. The first-order chi connectivity index (χ1) is 11.3. The molecule has 2 aromatic heterocycles. The molecule has 2 aromatic rings. The van der Waals surface area contributed by atoms with E-state index in [4.69, 9.17) is 4.74 Å². The minimum Gasteiger partial charge on any atom is -0.459 e. The van der Waals surface area contributed by atoms with E-state index in [2.05, 4.69) is 5.32 Å². The number of amides is 2. The second-order valence-electron chi connectivity index (χ2n) is 6.26. The Labute approximate surface area is 150 Å².